The fraction of sp³-hybridized carbons (Fsp3) is 0.154. The summed E-state index contributed by atoms with van der Waals surface area (Å²) in [6.07, 6.45) is 3.43. The van der Waals surface area contributed by atoms with Crippen molar-refractivity contribution in [2.45, 2.75) is 17.6 Å². The molecule has 1 aromatic heterocycles. The molecule has 0 bridgehead atoms. The first-order valence-electron chi connectivity index (χ1n) is 5.40. The Bertz CT molecular complexity index is 601. The lowest BCUT2D eigenvalue weighted by Gasteiger charge is -2.07. The molecule has 1 aromatic carbocycles. The van der Waals surface area contributed by atoms with Gasteiger partial charge in [-0.1, -0.05) is 6.07 Å². The van der Waals surface area contributed by atoms with Crippen LogP contribution in [-0.4, -0.2) is 9.19 Å². The van der Waals surface area contributed by atoms with E-state index in [0.717, 1.165) is 20.5 Å². The second-order valence-corrected chi connectivity index (χ2v) is 6.36. The van der Waals surface area contributed by atoms with Gasteiger partial charge in [-0.3, -0.25) is 9.19 Å². The summed E-state index contributed by atoms with van der Waals surface area (Å²) < 4.78 is 13.2. The van der Waals surface area contributed by atoms with E-state index in [1.807, 2.05) is 25.1 Å². The highest BCUT2D eigenvalue weighted by Crippen LogP contribution is 2.20. The highest BCUT2D eigenvalue weighted by atomic mass is 79.9. The maximum atomic E-state index is 12.3. The Morgan fingerprint density at radius 1 is 1.33 bits per heavy atom. The summed E-state index contributed by atoms with van der Waals surface area (Å²) in [6, 6.07) is 7.40. The third-order valence-electron chi connectivity index (χ3n) is 2.52. The van der Waals surface area contributed by atoms with E-state index in [4.69, 9.17) is 5.73 Å². The second kappa shape index (κ2) is 5.63. The van der Waals surface area contributed by atoms with Gasteiger partial charge in [-0.05, 0) is 52.2 Å². The monoisotopic (exact) mass is 324 g/mol. The average Bonchev–Trinajstić information content (AvgIpc) is 2.32. The number of nitrogens with zero attached hydrogens (tertiary/aromatic N) is 1. The van der Waals surface area contributed by atoms with Gasteiger partial charge in [-0.15, -0.1) is 0 Å². The first-order valence-corrected chi connectivity index (χ1v) is 7.51. The lowest BCUT2D eigenvalue weighted by molar-refractivity contribution is 0.682. The predicted molar refractivity (Wildman–Crippen MR) is 77.6 cm³/mol. The van der Waals surface area contributed by atoms with Crippen molar-refractivity contribution in [2.24, 2.45) is 0 Å². The Kier molecular flexibility index (Phi) is 4.14. The summed E-state index contributed by atoms with van der Waals surface area (Å²) in [5.41, 5.74) is 8.29. The van der Waals surface area contributed by atoms with Gasteiger partial charge in [0.25, 0.3) is 0 Å². The molecule has 0 saturated carbocycles. The van der Waals surface area contributed by atoms with Crippen molar-refractivity contribution in [3.8, 4) is 0 Å². The maximum Gasteiger partial charge on any atom is 0.0578 e. The van der Waals surface area contributed by atoms with Gasteiger partial charge in [0.15, 0.2) is 0 Å². The molecule has 0 aliphatic heterocycles. The van der Waals surface area contributed by atoms with Crippen LogP contribution in [0.15, 0.2) is 46.0 Å². The van der Waals surface area contributed by atoms with E-state index in [1.54, 1.807) is 18.5 Å². The Hall–Kier alpha value is -1.20. The summed E-state index contributed by atoms with van der Waals surface area (Å²) in [4.78, 5) is 4.85. The molecule has 0 saturated heterocycles. The summed E-state index contributed by atoms with van der Waals surface area (Å²) in [5, 5.41) is 0. The van der Waals surface area contributed by atoms with Crippen LogP contribution in [0, 0.1) is 6.92 Å². The summed E-state index contributed by atoms with van der Waals surface area (Å²) in [6.45, 7) is 1.94. The van der Waals surface area contributed by atoms with Crippen LogP contribution in [0.3, 0.4) is 0 Å². The zero-order chi connectivity index (χ0) is 13.1. The summed E-state index contributed by atoms with van der Waals surface area (Å²) in [5.74, 6) is 0.441. The number of halogens is 1. The zero-order valence-electron chi connectivity index (χ0n) is 9.89. The molecule has 94 valence electrons. The fourth-order valence-corrected chi connectivity index (χ4v) is 3.35. The van der Waals surface area contributed by atoms with Gasteiger partial charge in [-0.2, -0.15) is 0 Å². The minimum absolute atomic E-state index is 0.441. The van der Waals surface area contributed by atoms with Crippen LogP contribution in [0.4, 0.5) is 5.69 Å². The van der Waals surface area contributed by atoms with Crippen molar-refractivity contribution in [3.63, 3.8) is 0 Å². The molecule has 0 radical (unpaired) electrons. The van der Waals surface area contributed by atoms with Gasteiger partial charge in [0.05, 0.1) is 16.6 Å². The molecule has 0 aliphatic rings. The van der Waals surface area contributed by atoms with E-state index in [1.165, 1.54) is 0 Å². The molecular formula is C13H13BrN2OS. The Balaban J connectivity index is 2.24. The van der Waals surface area contributed by atoms with E-state index in [9.17, 15) is 4.21 Å². The maximum absolute atomic E-state index is 12.3. The number of benzene rings is 1. The number of anilines is 1. The molecule has 0 aliphatic carbocycles. The third kappa shape index (κ3) is 3.17. The van der Waals surface area contributed by atoms with Crippen LogP contribution in [0.25, 0.3) is 0 Å². The molecule has 1 heterocycles. The molecule has 0 spiro atoms. The Labute approximate surface area is 117 Å². The molecule has 1 atom stereocenters. The van der Waals surface area contributed by atoms with Crippen molar-refractivity contribution in [3.05, 3.63) is 52.3 Å². The number of hydrogen-bond donors (Lipinski definition) is 1. The van der Waals surface area contributed by atoms with Crippen molar-refractivity contribution in [2.75, 3.05) is 5.73 Å². The Morgan fingerprint density at radius 2 is 2.11 bits per heavy atom. The lowest BCUT2D eigenvalue weighted by Crippen LogP contribution is -2.00. The van der Waals surface area contributed by atoms with Gasteiger partial charge in [0, 0.05) is 27.4 Å². The second-order valence-electron chi connectivity index (χ2n) is 4.03. The largest absolute Gasteiger partial charge is 0.399 e. The minimum Gasteiger partial charge on any atom is -0.399 e. The van der Waals surface area contributed by atoms with E-state index < -0.39 is 10.8 Å². The number of pyridine rings is 1. The van der Waals surface area contributed by atoms with E-state index in [-0.39, 0.29) is 0 Å². The number of aromatic nitrogens is 1. The molecule has 2 aromatic rings. The normalized spacial score (nSPS) is 12.3. The van der Waals surface area contributed by atoms with Gasteiger partial charge >= 0.3 is 0 Å². The molecule has 2 N–H and O–H groups in total. The molecule has 0 fully saturated rings. The van der Waals surface area contributed by atoms with Crippen LogP contribution >= 0.6 is 15.9 Å². The highest BCUT2D eigenvalue weighted by molar-refractivity contribution is 9.10. The minimum atomic E-state index is -1.11. The van der Waals surface area contributed by atoms with Gasteiger partial charge in [0.1, 0.15) is 0 Å². The highest BCUT2D eigenvalue weighted by Gasteiger charge is 2.09. The topological polar surface area (TPSA) is 56.0 Å². The number of rotatable bonds is 3. The van der Waals surface area contributed by atoms with Crippen molar-refractivity contribution >= 4 is 32.4 Å². The standard InChI is InChI=1S/C13H13BrN2OS/c1-9-2-3-12(15)5-13(9)18(17)8-10-4-11(14)7-16-6-10/h2-7H,8,15H2,1H3. The van der Waals surface area contributed by atoms with Crippen LogP contribution < -0.4 is 5.73 Å². The zero-order valence-corrected chi connectivity index (χ0v) is 12.3. The van der Waals surface area contributed by atoms with Crippen LogP contribution in [0.1, 0.15) is 11.1 Å². The average molecular weight is 325 g/mol. The fourth-order valence-electron chi connectivity index (χ4n) is 1.63. The van der Waals surface area contributed by atoms with Gasteiger partial charge < -0.3 is 5.73 Å². The first kappa shape index (κ1) is 13.2. The number of hydrogen-bond acceptors (Lipinski definition) is 3. The number of nitrogen functional groups attached to an aromatic ring is 1. The quantitative estimate of drug-likeness (QED) is 0.883. The smallest absolute Gasteiger partial charge is 0.0578 e. The molecule has 5 heteroatoms. The third-order valence-corrected chi connectivity index (χ3v) is 4.48. The predicted octanol–water partition coefficient (Wildman–Crippen LogP) is 3.04. The van der Waals surface area contributed by atoms with Crippen LogP contribution in [-0.2, 0) is 16.6 Å². The number of nitrogens with two attached hydrogens (primary N) is 1. The number of aryl methyl sites for hydroxylation is 1. The van der Waals surface area contributed by atoms with Crippen molar-refractivity contribution in [1.82, 2.24) is 4.98 Å². The van der Waals surface area contributed by atoms with Crippen LogP contribution in [0.2, 0.25) is 0 Å². The summed E-state index contributed by atoms with van der Waals surface area (Å²) >= 11 is 3.35. The van der Waals surface area contributed by atoms with Crippen molar-refractivity contribution in [1.29, 1.82) is 0 Å². The molecule has 3 nitrogen and oxygen atoms in total. The van der Waals surface area contributed by atoms with E-state index in [0.29, 0.717) is 11.4 Å². The molecule has 0 amide bonds. The SMILES string of the molecule is Cc1ccc(N)cc1S(=O)Cc1cncc(Br)c1. The van der Waals surface area contributed by atoms with Crippen LogP contribution in [0.5, 0.6) is 0 Å². The Morgan fingerprint density at radius 3 is 2.83 bits per heavy atom. The van der Waals surface area contributed by atoms with Gasteiger partial charge in [-0.25, -0.2) is 0 Å². The summed E-state index contributed by atoms with van der Waals surface area (Å²) in [7, 11) is -1.11. The molecule has 18 heavy (non-hydrogen) atoms. The van der Waals surface area contributed by atoms with E-state index >= 15 is 0 Å². The van der Waals surface area contributed by atoms with E-state index in [2.05, 4.69) is 20.9 Å². The lowest BCUT2D eigenvalue weighted by atomic mass is 10.2. The van der Waals surface area contributed by atoms with Crippen molar-refractivity contribution < 1.29 is 4.21 Å². The molecule has 1 unspecified atom stereocenters. The first-order chi connectivity index (χ1) is 8.56. The molecule has 2 rings (SSSR count). The molecular weight excluding hydrogens is 312 g/mol. The van der Waals surface area contributed by atoms with Gasteiger partial charge in [0.2, 0.25) is 0 Å².